The van der Waals surface area contributed by atoms with E-state index in [9.17, 15) is 4.39 Å². The molecule has 6 nitrogen and oxygen atoms in total. The Kier molecular flexibility index (Phi) is 6.23. The van der Waals surface area contributed by atoms with Crippen LogP contribution >= 0.6 is 11.6 Å². The number of aryl methyl sites for hydroxylation is 1. The van der Waals surface area contributed by atoms with Gasteiger partial charge in [-0.2, -0.15) is 0 Å². The van der Waals surface area contributed by atoms with Gasteiger partial charge >= 0.3 is 0 Å². The highest BCUT2D eigenvalue weighted by Gasteiger charge is 2.17. The molecule has 1 aliphatic heterocycles. The van der Waals surface area contributed by atoms with Crippen molar-refractivity contribution in [3.63, 3.8) is 0 Å². The lowest BCUT2D eigenvalue weighted by molar-refractivity contribution is -0.0172. The standard InChI is InChI=1S/C19H24ClFN4O2/c1-4-22-19(25(3)10-17-7-15(20)9-24(17)2)23-8-13-5-16(21)6-14-11-26-12-27-18(13)14/h5-7,9H,4,8,10-12H2,1-3H3,(H,22,23). The molecule has 0 amide bonds. The summed E-state index contributed by atoms with van der Waals surface area (Å²) in [4.78, 5) is 6.67. The predicted octanol–water partition coefficient (Wildman–Crippen LogP) is 3.28. The molecule has 0 fully saturated rings. The zero-order valence-electron chi connectivity index (χ0n) is 15.8. The Morgan fingerprint density at radius 2 is 2.22 bits per heavy atom. The molecule has 3 rings (SSSR count). The first-order valence-corrected chi connectivity index (χ1v) is 9.17. The molecule has 0 bridgehead atoms. The monoisotopic (exact) mass is 394 g/mol. The van der Waals surface area contributed by atoms with Crippen LogP contribution < -0.4 is 10.1 Å². The maximum Gasteiger partial charge on any atom is 0.194 e. The number of halogens is 2. The Bertz CT molecular complexity index is 837. The zero-order valence-corrected chi connectivity index (χ0v) is 16.5. The van der Waals surface area contributed by atoms with E-state index < -0.39 is 0 Å². The van der Waals surface area contributed by atoms with Crippen molar-refractivity contribution in [1.82, 2.24) is 14.8 Å². The SMILES string of the molecule is CCNC(=NCc1cc(F)cc2c1OCOC2)N(C)Cc1cc(Cl)cn1C. The van der Waals surface area contributed by atoms with Crippen LogP contribution in [0.4, 0.5) is 4.39 Å². The molecular weight excluding hydrogens is 371 g/mol. The lowest BCUT2D eigenvalue weighted by Crippen LogP contribution is -2.38. The van der Waals surface area contributed by atoms with Gasteiger partial charge in [-0.3, -0.25) is 0 Å². The Morgan fingerprint density at radius 3 is 2.93 bits per heavy atom. The van der Waals surface area contributed by atoms with Gasteiger partial charge in [0.1, 0.15) is 11.6 Å². The van der Waals surface area contributed by atoms with E-state index in [0.717, 1.165) is 18.2 Å². The van der Waals surface area contributed by atoms with Crippen molar-refractivity contribution < 1.29 is 13.9 Å². The Hall–Kier alpha value is -2.25. The van der Waals surface area contributed by atoms with Gasteiger partial charge in [0, 0.05) is 43.7 Å². The van der Waals surface area contributed by atoms with Crippen LogP contribution in [0.3, 0.4) is 0 Å². The molecule has 27 heavy (non-hydrogen) atoms. The summed E-state index contributed by atoms with van der Waals surface area (Å²) in [5.41, 5.74) is 2.49. The van der Waals surface area contributed by atoms with E-state index in [2.05, 4.69) is 10.3 Å². The first kappa shape index (κ1) is 19.5. The lowest BCUT2D eigenvalue weighted by atomic mass is 10.1. The number of guanidine groups is 1. The van der Waals surface area contributed by atoms with Crippen molar-refractivity contribution >= 4 is 17.6 Å². The second-order valence-corrected chi connectivity index (χ2v) is 6.89. The van der Waals surface area contributed by atoms with Crippen molar-refractivity contribution in [2.45, 2.75) is 26.6 Å². The largest absolute Gasteiger partial charge is 0.467 e. The Morgan fingerprint density at radius 1 is 1.41 bits per heavy atom. The van der Waals surface area contributed by atoms with Gasteiger partial charge in [-0.15, -0.1) is 0 Å². The Balaban J connectivity index is 1.79. The van der Waals surface area contributed by atoms with Crippen molar-refractivity contribution in [3.8, 4) is 5.75 Å². The van der Waals surface area contributed by atoms with Crippen LogP contribution in [0, 0.1) is 5.82 Å². The second kappa shape index (κ2) is 8.63. The number of aliphatic imine (C=N–C) groups is 1. The van der Waals surface area contributed by atoms with E-state index in [1.165, 1.54) is 12.1 Å². The van der Waals surface area contributed by atoms with Gasteiger partial charge in [0.2, 0.25) is 0 Å². The molecule has 1 aromatic carbocycles. The fraction of sp³-hybridized carbons (Fsp3) is 0.421. The van der Waals surface area contributed by atoms with E-state index in [4.69, 9.17) is 21.1 Å². The second-order valence-electron chi connectivity index (χ2n) is 6.45. The van der Waals surface area contributed by atoms with Crippen molar-refractivity contribution in [1.29, 1.82) is 0 Å². The van der Waals surface area contributed by atoms with Crippen LogP contribution in [0.25, 0.3) is 0 Å². The minimum absolute atomic E-state index is 0.170. The average molecular weight is 395 g/mol. The van der Waals surface area contributed by atoms with Crippen LogP contribution in [-0.2, 0) is 31.5 Å². The first-order valence-electron chi connectivity index (χ1n) is 8.80. The van der Waals surface area contributed by atoms with Gasteiger partial charge in [-0.05, 0) is 25.1 Å². The average Bonchev–Trinajstić information content (AvgIpc) is 2.95. The summed E-state index contributed by atoms with van der Waals surface area (Å²) in [6, 6.07) is 4.84. The van der Waals surface area contributed by atoms with Crippen molar-refractivity contribution in [2.75, 3.05) is 20.4 Å². The molecule has 1 aliphatic rings. The molecule has 0 saturated heterocycles. The van der Waals surface area contributed by atoms with Gasteiger partial charge in [-0.25, -0.2) is 9.38 Å². The molecule has 0 spiro atoms. The smallest absolute Gasteiger partial charge is 0.194 e. The van der Waals surface area contributed by atoms with Crippen molar-refractivity contribution in [3.05, 3.63) is 52.1 Å². The van der Waals surface area contributed by atoms with Crippen LogP contribution in [0.2, 0.25) is 5.02 Å². The number of nitrogens with one attached hydrogen (secondary N) is 1. The third-order valence-corrected chi connectivity index (χ3v) is 4.53. The summed E-state index contributed by atoms with van der Waals surface area (Å²) in [5, 5.41) is 3.97. The van der Waals surface area contributed by atoms with E-state index in [1.54, 1.807) is 0 Å². The molecule has 2 aromatic rings. The van der Waals surface area contributed by atoms with E-state index >= 15 is 0 Å². The third kappa shape index (κ3) is 4.73. The van der Waals surface area contributed by atoms with Crippen LogP contribution in [0.1, 0.15) is 23.7 Å². The summed E-state index contributed by atoms with van der Waals surface area (Å²) in [6.07, 6.45) is 1.87. The van der Waals surface area contributed by atoms with Gasteiger partial charge in [-0.1, -0.05) is 11.6 Å². The number of hydrogen-bond acceptors (Lipinski definition) is 3. The molecule has 0 radical (unpaired) electrons. The van der Waals surface area contributed by atoms with Gasteiger partial charge in [0.05, 0.1) is 24.7 Å². The number of nitrogens with zero attached hydrogens (tertiary/aromatic N) is 3. The quantitative estimate of drug-likeness (QED) is 0.624. The van der Waals surface area contributed by atoms with E-state index in [1.807, 2.05) is 42.7 Å². The van der Waals surface area contributed by atoms with Crippen LogP contribution in [0.5, 0.6) is 5.75 Å². The normalized spacial score (nSPS) is 13.9. The van der Waals surface area contributed by atoms with Crippen LogP contribution in [-0.4, -0.2) is 35.8 Å². The summed E-state index contributed by atoms with van der Waals surface area (Å²) in [5.74, 6) is 1.07. The maximum atomic E-state index is 13.9. The predicted molar refractivity (Wildman–Crippen MR) is 103 cm³/mol. The number of ether oxygens (including phenoxy) is 2. The zero-order chi connectivity index (χ0) is 19.4. The highest BCUT2D eigenvalue weighted by atomic mass is 35.5. The number of rotatable bonds is 5. The number of fused-ring (bicyclic) bond motifs is 1. The number of hydrogen-bond donors (Lipinski definition) is 1. The highest BCUT2D eigenvalue weighted by molar-refractivity contribution is 6.30. The molecular formula is C19H24ClFN4O2. The molecule has 0 atom stereocenters. The van der Waals surface area contributed by atoms with Gasteiger partial charge < -0.3 is 24.3 Å². The summed E-state index contributed by atoms with van der Waals surface area (Å²) >= 11 is 6.07. The van der Waals surface area contributed by atoms with E-state index in [-0.39, 0.29) is 12.6 Å². The Labute approximate surface area is 163 Å². The fourth-order valence-electron chi connectivity index (χ4n) is 3.05. The molecule has 0 unspecified atom stereocenters. The third-order valence-electron chi connectivity index (χ3n) is 4.32. The molecule has 0 aliphatic carbocycles. The topological polar surface area (TPSA) is 51.0 Å². The summed E-state index contributed by atoms with van der Waals surface area (Å²) < 4.78 is 26.7. The minimum Gasteiger partial charge on any atom is -0.467 e. The number of benzene rings is 1. The first-order chi connectivity index (χ1) is 13.0. The lowest BCUT2D eigenvalue weighted by Gasteiger charge is -2.23. The molecule has 2 heterocycles. The molecule has 8 heteroatoms. The maximum absolute atomic E-state index is 13.9. The van der Waals surface area contributed by atoms with Crippen LogP contribution in [0.15, 0.2) is 29.4 Å². The van der Waals surface area contributed by atoms with Crippen molar-refractivity contribution in [2.24, 2.45) is 12.0 Å². The van der Waals surface area contributed by atoms with E-state index in [0.29, 0.717) is 41.6 Å². The summed E-state index contributed by atoms with van der Waals surface area (Å²) in [7, 11) is 3.91. The molecule has 1 aromatic heterocycles. The van der Waals surface area contributed by atoms with Gasteiger partial charge in [0.15, 0.2) is 12.8 Å². The molecule has 0 saturated carbocycles. The minimum atomic E-state index is -0.315. The number of aromatic nitrogens is 1. The van der Waals surface area contributed by atoms with Gasteiger partial charge in [0.25, 0.3) is 0 Å². The molecule has 146 valence electrons. The highest BCUT2D eigenvalue weighted by Crippen LogP contribution is 2.30. The fourth-order valence-corrected chi connectivity index (χ4v) is 3.32. The molecule has 1 N–H and O–H groups in total. The summed E-state index contributed by atoms with van der Waals surface area (Å²) in [6.45, 7) is 4.19.